The molecule has 0 aliphatic heterocycles. The lowest BCUT2D eigenvalue weighted by molar-refractivity contribution is 1.69. The molecule has 8 aromatic rings. The van der Waals surface area contributed by atoms with E-state index in [0.29, 0.717) is 12.1 Å². The summed E-state index contributed by atoms with van der Waals surface area (Å²) >= 11 is 1.70. The highest BCUT2D eigenvalue weighted by molar-refractivity contribution is 7.25. The number of fused-ring (bicyclic) bond motifs is 6. The molecule has 7 aromatic carbocycles. The van der Waals surface area contributed by atoms with E-state index in [2.05, 4.69) is 97.1 Å². The molecule has 0 unspecified atom stereocenters. The predicted molar refractivity (Wildman–Crippen MR) is 163 cm³/mol. The molecule has 0 atom stereocenters. The van der Waals surface area contributed by atoms with Crippen LogP contribution in [0.1, 0.15) is 2.74 Å². The SMILES string of the molecule is [2H]c1ccc2cc(-c3c4ccccc4c(-c4cc([2H])c5sc6ccccc6c5c4)c4ccccc34)ccc2c1. The minimum Gasteiger partial charge on any atom is -0.135 e. The summed E-state index contributed by atoms with van der Waals surface area (Å²) in [4.78, 5) is 0. The fourth-order valence-corrected chi connectivity index (χ4v) is 6.88. The highest BCUT2D eigenvalue weighted by Crippen LogP contribution is 2.45. The van der Waals surface area contributed by atoms with Crippen LogP contribution in [0, 0.1) is 0 Å². The first-order valence-corrected chi connectivity index (χ1v) is 13.3. The van der Waals surface area contributed by atoms with Crippen molar-refractivity contribution in [3.05, 3.63) is 133 Å². The topological polar surface area (TPSA) is 0 Å². The van der Waals surface area contributed by atoms with Crippen molar-refractivity contribution < 1.29 is 2.74 Å². The van der Waals surface area contributed by atoms with E-state index in [0.717, 1.165) is 26.4 Å². The molecule has 0 radical (unpaired) electrons. The van der Waals surface area contributed by atoms with Gasteiger partial charge in [0.25, 0.3) is 0 Å². The molecule has 1 heterocycles. The summed E-state index contributed by atoms with van der Waals surface area (Å²) in [7, 11) is 0. The van der Waals surface area contributed by atoms with Crippen molar-refractivity contribution >= 4 is 63.8 Å². The van der Waals surface area contributed by atoms with Crippen LogP contribution < -0.4 is 0 Å². The van der Waals surface area contributed by atoms with Gasteiger partial charge in [0.2, 0.25) is 0 Å². The summed E-state index contributed by atoms with van der Waals surface area (Å²) in [5.74, 6) is 0. The van der Waals surface area contributed by atoms with Crippen LogP contribution in [-0.2, 0) is 0 Å². The second-order valence-corrected chi connectivity index (χ2v) is 10.6. The fraction of sp³-hybridized carbons (Fsp3) is 0. The van der Waals surface area contributed by atoms with Gasteiger partial charge in [0, 0.05) is 20.2 Å². The van der Waals surface area contributed by atoms with Crippen LogP contribution in [0.4, 0.5) is 0 Å². The molecule has 0 nitrogen and oxygen atoms in total. The van der Waals surface area contributed by atoms with Crippen LogP contribution in [0.5, 0.6) is 0 Å². The normalized spacial score (nSPS) is 12.5. The molecule has 0 aliphatic rings. The smallest absolute Gasteiger partial charge is 0.0638 e. The van der Waals surface area contributed by atoms with Crippen LogP contribution in [0.2, 0.25) is 0 Å². The Bertz CT molecular complexity index is 2200. The lowest BCUT2D eigenvalue weighted by atomic mass is 9.85. The third-order valence-electron chi connectivity index (χ3n) is 7.49. The minimum atomic E-state index is 0.527. The van der Waals surface area contributed by atoms with Crippen molar-refractivity contribution in [1.82, 2.24) is 0 Å². The Morgan fingerprint density at radius 3 is 1.76 bits per heavy atom. The number of hydrogen-bond acceptors (Lipinski definition) is 1. The molecule has 0 amide bonds. The summed E-state index contributed by atoms with van der Waals surface area (Å²) in [5.41, 5.74) is 4.64. The molecule has 0 bridgehead atoms. The van der Waals surface area contributed by atoms with E-state index in [4.69, 9.17) is 2.74 Å². The zero-order valence-electron chi connectivity index (χ0n) is 22.0. The van der Waals surface area contributed by atoms with E-state index < -0.39 is 0 Å². The fourth-order valence-electron chi connectivity index (χ4n) is 5.83. The highest BCUT2D eigenvalue weighted by Gasteiger charge is 2.17. The number of hydrogen-bond donors (Lipinski definition) is 0. The maximum Gasteiger partial charge on any atom is 0.0638 e. The maximum atomic E-state index is 8.97. The van der Waals surface area contributed by atoms with Crippen molar-refractivity contribution in [3.8, 4) is 22.3 Å². The zero-order chi connectivity index (χ0) is 26.1. The van der Waals surface area contributed by atoms with E-state index in [9.17, 15) is 0 Å². The van der Waals surface area contributed by atoms with Gasteiger partial charge in [-0.15, -0.1) is 11.3 Å². The van der Waals surface area contributed by atoms with Gasteiger partial charge in [-0.1, -0.05) is 109 Å². The number of thiophene rings is 1. The second-order valence-electron chi connectivity index (χ2n) is 9.56. The first-order valence-electron chi connectivity index (χ1n) is 13.5. The van der Waals surface area contributed by atoms with Crippen LogP contribution in [0.15, 0.2) is 133 Å². The van der Waals surface area contributed by atoms with Crippen molar-refractivity contribution in [2.45, 2.75) is 0 Å². The molecule has 0 saturated carbocycles. The molecule has 1 heteroatoms. The van der Waals surface area contributed by atoms with Crippen LogP contribution in [0.25, 0.3) is 74.7 Å². The average molecular weight is 489 g/mol. The summed E-state index contributed by atoms with van der Waals surface area (Å²) in [6.07, 6.45) is 0. The predicted octanol–water partition coefficient (Wildman–Crippen LogP) is 10.8. The summed E-state index contributed by atoms with van der Waals surface area (Å²) in [5, 5.41) is 9.35. The molecular formula is C36H22S. The van der Waals surface area contributed by atoms with Gasteiger partial charge < -0.3 is 0 Å². The monoisotopic (exact) mass is 488 g/mol. The summed E-state index contributed by atoms with van der Waals surface area (Å²) in [6, 6.07) is 43.6. The molecule has 0 spiro atoms. The van der Waals surface area contributed by atoms with E-state index in [1.807, 2.05) is 24.3 Å². The van der Waals surface area contributed by atoms with Gasteiger partial charge in [0.15, 0.2) is 0 Å². The highest BCUT2D eigenvalue weighted by atomic mass is 32.1. The van der Waals surface area contributed by atoms with E-state index in [1.165, 1.54) is 48.3 Å². The van der Waals surface area contributed by atoms with Crippen molar-refractivity contribution in [2.75, 3.05) is 0 Å². The van der Waals surface area contributed by atoms with Gasteiger partial charge in [0.05, 0.1) is 2.74 Å². The molecule has 0 aliphatic carbocycles. The Hall–Kier alpha value is -4.46. The second kappa shape index (κ2) is 8.03. The molecule has 0 fully saturated rings. The first-order chi connectivity index (χ1) is 19.2. The van der Waals surface area contributed by atoms with Gasteiger partial charge >= 0.3 is 0 Å². The largest absolute Gasteiger partial charge is 0.135 e. The quantitative estimate of drug-likeness (QED) is 0.212. The molecular weight excluding hydrogens is 464 g/mol. The standard InChI is InChI=1S/C36H22S/c1-2-10-24-21-25(18-17-23(24)9-1)35-28-12-3-5-14-30(28)36(31-15-6-4-13-29(31)35)26-19-20-34-32(22-26)27-11-7-8-16-33(27)37-34/h1-22H/i1D,20D. The Morgan fingerprint density at radius 1 is 0.432 bits per heavy atom. The molecule has 0 saturated heterocycles. The Kier molecular flexibility index (Phi) is 4.07. The maximum absolute atomic E-state index is 8.97. The Labute approximate surface area is 221 Å². The van der Waals surface area contributed by atoms with Crippen LogP contribution in [0.3, 0.4) is 0 Å². The van der Waals surface area contributed by atoms with Crippen molar-refractivity contribution in [1.29, 1.82) is 0 Å². The third-order valence-corrected chi connectivity index (χ3v) is 8.60. The lowest BCUT2D eigenvalue weighted by Gasteiger charge is -2.18. The zero-order valence-corrected chi connectivity index (χ0v) is 20.8. The Balaban J connectivity index is 1.48. The molecule has 0 N–H and O–H groups in total. The number of benzene rings is 7. The molecule has 37 heavy (non-hydrogen) atoms. The number of rotatable bonds is 2. The van der Waals surface area contributed by atoms with Crippen LogP contribution >= 0.6 is 11.3 Å². The van der Waals surface area contributed by atoms with E-state index in [1.54, 1.807) is 11.3 Å². The van der Waals surface area contributed by atoms with Gasteiger partial charge in [-0.3, -0.25) is 0 Å². The molecule has 8 rings (SSSR count). The summed E-state index contributed by atoms with van der Waals surface area (Å²) in [6.45, 7) is 0. The van der Waals surface area contributed by atoms with Gasteiger partial charge in [-0.25, -0.2) is 0 Å². The van der Waals surface area contributed by atoms with Crippen molar-refractivity contribution in [3.63, 3.8) is 0 Å². The average Bonchev–Trinajstić information content (AvgIpc) is 3.35. The van der Waals surface area contributed by atoms with Gasteiger partial charge in [-0.05, 0) is 78.8 Å². The summed E-state index contributed by atoms with van der Waals surface area (Å²) < 4.78 is 19.2. The van der Waals surface area contributed by atoms with Crippen LogP contribution in [-0.4, -0.2) is 0 Å². The van der Waals surface area contributed by atoms with Crippen molar-refractivity contribution in [2.24, 2.45) is 0 Å². The Morgan fingerprint density at radius 2 is 1.05 bits per heavy atom. The van der Waals surface area contributed by atoms with Gasteiger partial charge in [-0.2, -0.15) is 0 Å². The van der Waals surface area contributed by atoms with E-state index >= 15 is 0 Å². The first kappa shape index (κ1) is 18.8. The van der Waals surface area contributed by atoms with E-state index in [-0.39, 0.29) is 0 Å². The molecule has 1 aromatic heterocycles. The third kappa shape index (κ3) is 3.15. The van der Waals surface area contributed by atoms with Gasteiger partial charge in [0.1, 0.15) is 0 Å². The lowest BCUT2D eigenvalue weighted by Crippen LogP contribution is -1.91. The minimum absolute atomic E-state index is 0.527. The molecule has 172 valence electrons.